The maximum Gasteiger partial charge on any atom is 0.254 e. The predicted molar refractivity (Wildman–Crippen MR) is 120 cm³/mol. The summed E-state index contributed by atoms with van der Waals surface area (Å²) in [6, 6.07) is 17.9. The Kier molecular flexibility index (Phi) is 6.28. The molecule has 1 aliphatic rings. The molecule has 31 heavy (non-hydrogen) atoms. The van der Waals surface area contributed by atoms with Crippen molar-refractivity contribution in [2.75, 3.05) is 47.5 Å². The van der Waals surface area contributed by atoms with Crippen LogP contribution >= 0.6 is 0 Å². The number of rotatable bonds is 6. The lowest BCUT2D eigenvalue weighted by Crippen LogP contribution is -3.13. The van der Waals surface area contributed by atoms with Gasteiger partial charge in [-0.1, -0.05) is 36.4 Å². The minimum Gasteiger partial charge on any atom is -0.493 e. The molecule has 6 nitrogen and oxygen atoms in total. The number of methoxy groups -OCH3 is 3. The Morgan fingerprint density at radius 3 is 2.29 bits per heavy atom. The Morgan fingerprint density at radius 2 is 1.58 bits per heavy atom. The third kappa shape index (κ3) is 4.16. The van der Waals surface area contributed by atoms with Gasteiger partial charge in [0.2, 0.25) is 5.75 Å². The van der Waals surface area contributed by atoms with Crippen LogP contribution in [0, 0.1) is 0 Å². The van der Waals surface area contributed by atoms with Crippen LogP contribution in [0.4, 0.5) is 0 Å². The molecule has 6 heteroatoms. The van der Waals surface area contributed by atoms with Crippen molar-refractivity contribution in [2.24, 2.45) is 0 Å². The summed E-state index contributed by atoms with van der Waals surface area (Å²) in [5.74, 6) is 2.10. The maximum absolute atomic E-state index is 13.2. The summed E-state index contributed by atoms with van der Waals surface area (Å²) in [6.45, 7) is 4.03. The predicted octanol–water partition coefficient (Wildman–Crippen LogP) is 2.41. The van der Waals surface area contributed by atoms with Gasteiger partial charge < -0.3 is 24.0 Å². The van der Waals surface area contributed by atoms with Gasteiger partial charge in [0, 0.05) is 5.56 Å². The van der Waals surface area contributed by atoms with E-state index < -0.39 is 0 Å². The normalized spacial score (nSPS) is 14.5. The standard InChI is InChI=1S/C25H28N2O4/c1-29-22-12-11-19(23(30-2)24(22)31-3)17-26-13-15-27(16-14-26)25(28)21-10-6-8-18-7-4-5-9-20(18)21/h4-12H,13-17H2,1-3H3/p+1. The van der Waals surface area contributed by atoms with Crippen molar-refractivity contribution in [3.63, 3.8) is 0 Å². The Labute approximate surface area is 182 Å². The summed E-state index contributed by atoms with van der Waals surface area (Å²) in [6.07, 6.45) is 0. The van der Waals surface area contributed by atoms with Crippen LogP contribution in [0.2, 0.25) is 0 Å². The average molecular weight is 422 g/mol. The van der Waals surface area contributed by atoms with Crippen molar-refractivity contribution in [3.8, 4) is 17.2 Å². The molecule has 0 atom stereocenters. The van der Waals surface area contributed by atoms with Crippen LogP contribution in [0.1, 0.15) is 15.9 Å². The summed E-state index contributed by atoms with van der Waals surface area (Å²) in [7, 11) is 4.89. The fourth-order valence-corrected chi connectivity index (χ4v) is 4.36. The van der Waals surface area contributed by atoms with Crippen LogP contribution < -0.4 is 19.1 Å². The molecule has 0 unspecified atom stereocenters. The van der Waals surface area contributed by atoms with Gasteiger partial charge in [0.05, 0.1) is 53.1 Å². The molecule has 1 amide bonds. The summed E-state index contributed by atoms with van der Waals surface area (Å²) >= 11 is 0. The number of carbonyl (C=O) groups excluding carboxylic acids is 1. The Hall–Kier alpha value is -3.25. The van der Waals surface area contributed by atoms with E-state index in [1.807, 2.05) is 59.5 Å². The first-order chi connectivity index (χ1) is 15.2. The second kappa shape index (κ2) is 9.27. The monoisotopic (exact) mass is 421 g/mol. The van der Waals surface area contributed by atoms with E-state index in [4.69, 9.17) is 14.2 Å². The second-order valence-corrected chi connectivity index (χ2v) is 7.74. The van der Waals surface area contributed by atoms with Crippen LogP contribution in [0.15, 0.2) is 54.6 Å². The number of hydrogen-bond donors (Lipinski definition) is 1. The molecule has 0 aliphatic carbocycles. The number of quaternary nitrogens is 1. The molecule has 0 saturated carbocycles. The first-order valence-corrected chi connectivity index (χ1v) is 10.5. The van der Waals surface area contributed by atoms with Gasteiger partial charge in [-0.05, 0) is 29.0 Å². The number of fused-ring (bicyclic) bond motifs is 1. The quantitative estimate of drug-likeness (QED) is 0.664. The Balaban J connectivity index is 1.45. The molecule has 0 spiro atoms. The SMILES string of the molecule is COc1ccc(C[NH+]2CCN(C(=O)c3cccc4ccccc34)CC2)c(OC)c1OC. The number of nitrogens with zero attached hydrogens (tertiary/aromatic N) is 1. The van der Waals surface area contributed by atoms with Crippen LogP contribution in [-0.4, -0.2) is 58.3 Å². The van der Waals surface area contributed by atoms with Crippen LogP contribution in [0.25, 0.3) is 10.8 Å². The maximum atomic E-state index is 13.2. The van der Waals surface area contributed by atoms with Crippen LogP contribution in [0.3, 0.4) is 0 Å². The summed E-state index contributed by atoms with van der Waals surface area (Å²) in [4.78, 5) is 16.6. The minimum atomic E-state index is 0.111. The van der Waals surface area contributed by atoms with Gasteiger partial charge in [0.1, 0.15) is 6.54 Å². The van der Waals surface area contributed by atoms with Gasteiger partial charge in [-0.25, -0.2) is 0 Å². The van der Waals surface area contributed by atoms with Crippen LogP contribution in [0.5, 0.6) is 17.2 Å². The largest absolute Gasteiger partial charge is 0.493 e. The average Bonchev–Trinajstić information content (AvgIpc) is 2.83. The number of hydrogen-bond acceptors (Lipinski definition) is 4. The molecular formula is C25H29N2O4+. The lowest BCUT2D eigenvalue weighted by Gasteiger charge is -2.33. The molecule has 1 aliphatic heterocycles. The van der Waals surface area contributed by atoms with Crippen molar-refractivity contribution in [3.05, 3.63) is 65.7 Å². The number of amides is 1. The molecule has 0 radical (unpaired) electrons. The topological polar surface area (TPSA) is 52.4 Å². The fourth-order valence-electron chi connectivity index (χ4n) is 4.36. The van der Waals surface area contributed by atoms with Gasteiger partial charge in [-0.2, -0.15) is 0 Å². The van der Waals surface area contributed by atoms with Crippen molar-refractivity contribution in [1.82, 2.24) is 4.90 Å². The number of nitrogens with one attached hydrogen (secondary N) is 1. The molecule has 1 saturated heterocycles. The van der Waals surface area contributed by atoms with Gasteiger partial charge in [0.25, 0.3) is 5.91 Å². The van der Waals surface area contributed by atoms with E-state index >= 15 is 0 Å². The van der Waals surface area contributed by atoms with Gasteiger partial charge >= 0.3 is 0 Å². The molecule has 0 bridgehead atoms. The first kappa shape index (κ1) is 21.0. The lowest BCUT2D eigenvalue weighted by atomic mass is 10.0. The van der Waals surface area contributed by atoms with Crippen molar-refractivity contribution >= 4 is 16.7 Å². The molecule has 1 N–H and O–H groups in total. The summed E-state index contributed by atoms with van der Waals surface area (Å²) in [5.41, 5.74) is 1.85. The van der Waals surface area contributed by atoms with Crippen LogP contribution in [-0.2, 0) is 6.54 Å². The van der Waals surface area contributed by atoms with E-state index in [-0.39, 0.29) is 5.91 Å². The van der Waals surface area contributed by atoms with E-state index in [1.54, 1.807) is 21.3 Å². The number of piperazine rings is 1. The van der Waals surface area contributed by atoms with Crippen molar-refractivity contribution < 1.29 is 23.9 Å². The minimum absolute atomic E-state index is 0.111. The summed E-state index contributed by atoms with van der Waals surface area (Å²) < 4.78 is 16.5. The number of carbonyl (C=O) groups is 1. The number of benzene rings is 3. The molecule has 3 aromatic carbocycles. The third-order valence-electron chi connectivity index (χ3n) is 6.00. The zero-order valence-electron chi connectivity index (χ0n) is 18.3. The highest BCUT2D eigenvalue weighted by molar-refractivity contribution is 6.07. The van der Waals surface area contributed by atoms with Crippen molar-refractivity contribution in [1.29, 1.82) is 0 Å². The smallest absolute Gasteiger partial charge is 0.254 e. The molecule has 1 heterocycles. The fraction of sp³-hybridized carbons (Fsp3) is 0.320. The van der Waals surface area contributed by atoms with E-state index in [0.29, 0.717) is 17.2 Å². The zero-order chi connectivity index (χ0) is 21.8. The molecule has 162 valence electrons. The van der Waals surface area contributed by atoms with Gasteiger partial charge in [-0.15, -0.1) is 0 Å². The van der Waals surface area contributed by atoms with E-state index in [9.17, 15) is 4.79 Å². The van der Waals surface area contributed by atoms with E-state index in [0.717, 1.165) is 54.6 Å². The highest BCUT2D eigenvalue weighted by atomic mass is 16.5. The molecule has 0 aromatic heterocycles. The molecule has 4 rings (SSSR count). The van der Waals surface area contributed by atoms with E-state index in [2.05, 4.69) is 0 Å². The summed E-state index contributed by atoms with van der Waals surface area (Å²) in [5, 5.41) is 2.11. The third-order valence-corrected chi connectivity index (χ3v) is 6.00. The Bertz CT molecular complexity index is 1070. The number of ether oxygens (including phenoxy) is 3. The van der Waals surface area contributed by atoms with E-state index in [1.165, 1.54) is 4.90 Å². The Morgan fingerprint density at radius 1 is 0.871 bits per heavy atom. The lowest BCUT2D eigenvalue weighted by molar-refractivity contribution is -0.917. The first-order valence-electron chi connectivity index (χ1n) is 10.5. The zero-order valence-corrected chi connectivity index (χ0v) is 18.3. The molecule has 1 fully saturated rings. The molecule has 3 aromatic rings. The second-order valence-electron chi connectivity index (χ2n) is 7.74. The van der Waals surface area contributed by atoms with Gasteiger partial charge in [-0.3, -0.25) is 4.79 Å². The molecular weight excluding hydrogens is 392 g/mol. The highest BCUT2D eigenvalue weighted by Crippen LogP contribution is 2.39. The highest BCUT2D eigenvalue weighted by Gasteiger charge is 2.27. The van der Waals surface area contributed by atoms with Gasteiger partial charge in [0.15, 0.2) is 11.5 Å². The van der Waals surface area contributed by atoms with Crippen molar-refractivity contribution in [2.45, 2.75) is 6.54 Å².